The number of benzene rings is 1. The summed E-state index contributed by atoms with van der Waals surface area (Å²) in [5.74, 6) is -0.455. The molecule has 0 atom stereocenters. The average Bonchev–Trinajstić information content (AvgIpc) is 2.95. The molecule has 3 aromatic rings. The van der Waals surface area contributed by atoms with Gasteiger partial charge in [0.15, 0.2) is 0 Å². The van der Waals surface area contributed by atoms with Gasteiger partial charge in [-0.25, -0.2) is 4.98 Å². The lowest BCUT2D eigenvalue weighted by atomic mass is 10.2. The smallest absolute Gasteiger partial charge is 0.266 e. The molecule has 112 valence electrons. The van der Waals surface area contributed by atoms with E-state index in [1.165, 1.54) is 6.08 Å². The van der Waals surface area contributed by atoms with Gasteiger partial charge in [0.25, 0.3) is 5.91 Å². The Kier molecular flexibility index (Phi) is 4.22. The van der Waals surface area contributed by atoms with Gasteiger partial charge in [0.1, 0.15) is 17.3 Å². The molecule has 0 bridgehead atoms. The molecule has 0 fully saturated rings. The zero-order valence-corrected chi connectivity index (χ0v) is 13.5. The number of imidazole rings is 1. The maximum absolute atomic E-state index is 12.2. The molecule has 0 aliphatic rings. The Labute approximate surface area is 141 Å². The van der Waals surface area contributed by atoms with Gasteiger partial charge >= 0.3 is 0 Å². The molecule has 0 saturated heterocycles. The molecule has 0 unspecified atom stereocenters. The highest BCUT2D eigenvalue weighted by Gasteiger charge is 2.11. The number of hydrogen-bond donors (Lipinski definition) is 1. The van der Waals surface area contributed by atoms with E-state index in [1.54, 1.807) is 22.7 Å². The number of hydrogen-bond acceptors (Lipinski definition) is 3. The first-order valence-corrected chi connectivity index (χ1v) is 7.57. The van der Waals surface area contributed by atoms with E-state index in [0.717, 1.165) is 10.1 Å². The van der Waals surface area contributed by atoms with Crippen LogP contribution in [0.5, 0.6) is 0 Å². The number of anilines is 1. The first-order chi connectivity index (χ1) is 11.2. The number of halogens is 1. The topological polar surface area (TPSA) is 70.2 Å². The van der Waals surface area contributed by atoms with E-state index in [9.17, 15) is 10.1 Å². The molecule has 1 N–H and O–H groups in total. The number of pyridine rings is 1. The van der Waals surface area contributed by atoms with Crippen LogP contribution >= 0.6 is 15.9 Å². The van der Waals surface area contributed by atoms with Gasteiger partial charge < -0.3 is 5.32 Å². The highest BCUT2D eigenvalue weighted by molar-refractivity contribution is 9.10. The van der Waals surface area contributed by atoms with Crippen molar-refractivity contribution in [3.05, 3.63) is 70.6 Å². The van der Waals surface area contributed by atoms with E-state index in [4.69, 9.17) is 0 Å². The van der Waals surface area contributed by atoms with Gasteiger partial charge in [-0.05, 0) is 46.3 Å². The summed E-state index contributed by atoms with van der Waals surface area (Å²) < 4.78 is 2.68. The first-order valence-electron chi connectivity index (χ1n) is 6.78. The third kappa shape index (κ3) is 3.30. The Hall–Kier alpha value is -2.91. The van der Waals surface area contributed by atoms with Gasteiger partial charge in [-0.2, -0.15) is 5.26 Å². The summed E-state index contributed by atoms with van der Waals surface area (Å²) in [7, 11) is 0. The third-order valence-corrected chi connectivity index (χ3v) is 3.66. The molecular formula is C17H11BrN4O. The van der Waals surface area contributed by atoms with Gasteiger partial charge in [0.05, 0.1) is 11.9 Å². The van der Waals surface area contributed by atoms with Crippen LogP contribution in [-0.2, 0) is 4.79 Å². The van der Waals surface area contributed by atoms with Crippen LogP contribution in [0, 0.1) is 11.3 Å². The number of nitriles is 1. The van der Waals surface area contributed by atoms with Crippen molar-refractivity contribution in [2.24, 2.45) is 0 Å². The molecule has 0 spiro atoms. The highest BCUT2D eigenvalue weighted by Crippen LogP contribution is 2.16. The summed E-state index contributed by atoms with van der Waals surface area (Å²) in [6.45, 7) is 0. The fourth-order valence-electron chi connectivity index (χ4n) is 2.10. The van der Waals surface area contributed by atoms with E-state index < -0.39 is 5.91 Å². The second-order valence-corrected chi connectivity index (χ2v) is 5.66. The number of carbonyl (C=O) groups excluding carboxylic acids is 1. The summed E-state index contributed by atoms with van der Waals surface area (Å²) in [5.41, 5.74) is 2.04. The van der Waals surface area contributed by atoms with Crippen molar-refractivity contribution < 1.29 is 4.79 Å². The van der Waals surface area contributed by atoms with Crippen molar-refractivity contribution >= 4 is 39.2 Å². The highest BCUT2D eigenvalue weighted by atomic mass is 79.9. The number of aromatic nitrogens is 2. The SMILES string of the molecule is N#CC(=Cc1cnc2ccc(Br)cn12)C(=O)Nc1ccccc1. The minimum atomic E-state index is -0.455. The third-order valence-electron chi connectivity index (χ3n) is 3.19. The Balaban J connectivity index is 1.93. The fourth-order valence-corrected chi connectivity index (χ4v) is 2.43. The van der Waals surface area contributed by atoms with Gasteiger partial charge in [0.2, 0.25) is 0 Å². The lowest BCUT2D eigenvalue weighted by molar-refractivity contribution is -0.112. The van der Waals surface area contributed by atoms with Crippen LogP contribution in [0.25, 0.3) is 11.7 Å². The average molecular weight is 367 g/mol. The minimum absolute atomic E-state index is 0.00984. The largest absolute Gasteiger partial charge is 0.321 e. The standard InChI is InChI=1S/C17H11BrN4O/c18-13-6-7-16-20-10-15(22(16)11-13)8-12(9-19)17(23)21-14-4-2-1-3-5-14/h1-8,10-11H,(H,21,23). The Morgan fingerprint density at radius 3 is 2.78 bits per heavy atom. The molecular weight excluding hydrogens is 356 g/mol. The molecule has 0 aliphatic carbocycles. The Morgan fingerprint density at radius 1 is 1.26 bits per heavy atom. The maximum Gasteiger partial charge on any atom is 0.266 e. The summed E-state index contributed by atoms with van der Waals surface area (Å²) >= 11 is 3.39. The summed E-state index contributed by atoms with van der Waals surface area (Å²) in [6, 6.07) is 14.7. The van der Waals surface area contributed by atoms with Crippen LogP contribution in [0.1, 0.15) is 5.69 Å². The fraction of sp³-hybridized carbons (Fsp3) is 0. The van der Waals surface area contributed by atoms with E-state index >= 15 is 0 Å². The van der Waals surface area contributed by atoms with E-state index in [2.05, 4.69) is 26.2 Å². The van der Waals surface area contributed by atoms with Gasteiger partial charge in [-0.1, -0.05) is 18.2 Å². The lowest BCUT2D eigenvalue weighted by Crippen LogP contribution is -2.13. The molecule has 6 heteroatoms. The number of para-hydroxylation sites is 1. The van der Waals surface area contributed by atoms with Crippen LogP contribution in [0.4, 0.5) is 5.69 Å². The molecule has 0 radical (unpaired) electrons. The van der Waals surface area contributed by atoms with Gasteiger partial charge in [-0.15, -0.1) is 0 Å². The molecule has 2 heterocycles. The van der Waals surface area contributed by atoms with Crippen molar-refractivity contribution in [1.82, 2.24) is 9.38 Å². The Morgan fingerprint density at radius 2 is 2.04 bits per heavy atom. The zero-order valence-electron chi connectivity index (χ0n) is 11.9. The van der Waals surface area contributed by atoms with Crippen molar-refractivity contribution in [3.63, 3.8) is 0 Å². The summed E-state index contributed by atoms with van der Waals surface area (Å²) in [4.78, 5) is 16.5. The van der Waals surface area contributed by atoms with Crippen molar-refractivity contribution in [3.8, 4) is 6.07 Å². The maximum atomic E-state index is 12.2. The molecule has 3 rings (SSSR count). The molecule has 5 nitrogen and oxygen atoms in total. The number of rotatable bonds is 3. The molecule has 1 aromatic carbocycles. The van der Waals surface area contributed by atoms with Crippen molar-refractivity contribution in [2.45, 2.75) is 0 Å². The van der Waals surface area contributed by atoms with Crippen molar-refractivity contribution in [1.29, 1.82) is 5.26 Å². The van der Waals surface area contributed by atoms with Crippen LogP contribution in [-0.4, -0.2) is 15.3 Å². The first kappa shape index (κ1) is 15.0. The predicted octanol–water partition coefficient (Wildman–Crippen LogP) is 3.64. The number of nitrogens with one attached hydrogen (secondary N) is 1. The molecule has 0 aliphatic heterocycles. The van der Waals surface area contributed by atoms with Gasteiger partial charge in [0, 0.05) is 16.4 Å². The normalized spacial score (nSPS) is 11.2. The number of carbonyl (C=O) groups is 1. The number of fused-ring (bicyclic) bond motifs is 1. The second kappa shape index (κ2) is 6.46. The van der Waals surface area contributed by atoms with Crippen LogP contribution < -0.4 is 5.32 Å². The summed E-state index contributed by atoms with van der Waals surface area (Å²) in [6.07, 6.45) is 4.97. The van der Waals surface area contributed by atoms with E-state index in [0.29, 0.717) is 11.4 Å². The molecule has 2 aromatic heterocycles. The van der Waals surface area contributed by atoms with Crippen molar-refractivity contribution in [2.75, 3.05) is 5.32 Å². The molecule has 1 amide bonds. The minimum Gasteiger partial charge on any atom is -0.321 e. The quantitative estimate of drug-likeness (QED) is 0.568. The number of nitrogens with zero attached hydrogens (tertiary/aromatic N) is 3. The zero-order chi connectivity index (χ0) is 16.2. The molecule has 0 saturated carbocycles. The van der Waals surface area contributed by atoms with E-state index in [1.807, 2.05) is 42.6 Å². The summed E-state index contributed by atoms with van der Waals surface area (Å²) in [5, 5.41) is 12.0. The number of amides is 1. The molecule has 23 heavy (non-hydrogen) atoms. The monoisotopic (exact) mass is 366 g/mol. The second-order valence-electron chi connectivity index (χ2n) is 4.75. The Bertz CT molecular complexity index is 938. The van der Waals surface area contributed by atoms with Crippen LogP contribution in [0.15, 0.2) is 64.9 Å². The van der Waals surface area contributed by atoms with Crippen LogP contribution in [0.3, 0.4) is 0 Å². The van der Waals surface area contributed by atoms with Gasteiger partial charge in [-0.3, -0.25) is 9.20 Å². The van der Waals surface area contributed by atoms with Crippen LogP contribution in [0.2, 0.25) is 0 Å². The van der Waals surface area contributed by atoms with E-state index in [-0.39, 0.29) is 5.57 Å². The lowest BCUT2D eigenvalue weighted by Gasteiger charge is -2.04. The predicted molar refractivity (Wildman–Crippen MR) is 91.6 cm³/mol.